The van der Waals surface area contributed by atoms with Gasteiger partial charge in [-0.05, 0) is 12.1 Å². The molecule has 100 valence electrons. The highest BCUT2D eigenvalue weighted by Crippen LogP contribution is 2.31. The molecule has 2 heterocycles. The molecule has 0 atom stereocenters. The van der Waals surface area contributed by atoms with Crippen LogP contribution in [0.15, 0.2) is 24.4 Å². The summed E-state index contributed by atoms with van der Waals surface area (Å²) < 4.78 is 38.9. The summed E-state index contributed by atoms with van der Waals surface area (Å²) in [7, 11) is 0. The first kappa shape index (κ1) is 13.0. The van der Waals surface area contributed by atoms with Gasteiger partial charge in [0.15, 0.2) is 5.69 Å². The van der Waals surface area contributed by atoms with E-state index in [9.17, 15) is 18.0 Å². The van der Waals surface area contributed by atoms with E-state index in [1.165, 1.54) is 12.3 Å². The molecule has 9 heteroatoms. The Bertz CT molecular complexity index is 595. The van der Waals surface area contributed by atoms with E-state index in [0.29, 0.717) is 10.4 Å². The number of rotatable bonds is 3. The van der Waals surface area contributed by atoms with Crippen LogP contribution in [0, 0.1) is 0 Å². The van der Waals surface area contributed by atoms with Gasteiger partial charge in [0.25, 0.3) is 0 Å². The van der Waals surface area contributed by atoms with Crippen molar-refractivity contribution in [3.05, 3.63) is 41.5 Å². The number of carbonyl (C=O) groups is 1. The molecule has 1 N–H and O–H groups in total. The number of carboxylic acids is 1. The molecule has 2 aromatic rings. The maximum atomic E-state index is 12.8. The smallest absolute Gasteiger partial charge is 0.435 e. The number of hydrogen-bond donors (Lipinski definition) is 1. The van der Waals surface area contributed by atoms with Gasteiger partial charge < -0.3 is 5.11 Å². The van der Waals surface area contributed by atoms with Gasteiger partial charge in [0.2, 0.25) is 5.69 Å². The predicted molar refractivity (Wildman–Crippen MR) is 55.3 cm³/mol. The summed E-state index contributed by atoms with van der Waals surface area (Å²) in [4.78, 5) is 14.6. The van der Waals surface area contributed by atoms with Gasteiger partial charge in [0.05, 0.1) is 12.2 Å². The average molecular weight is 272 g/mol. The van der Waals surface area contributed by atoms with E-state index in [1.807, 2.05) is 0 Å². The lowest BCUT2D eigenvalue weighted by Gasteiger charge is -2.09. The quantitative estimate of drug-likeness (QED) is 0.914. The Morgan fingerprint density at radius 2 is 2.11 bits per heavy atom. The van der Waals surface area contributed by atoms with Crippen molar-refractivity contribution in [3.8, 4) is 0 Å². The lowest BCUT2D eigenvalue weighted by Crippen LogP contribution is -2.19. The Hall–Kier alpha value is -2.45. The van der Waals surface area contributed by atoms with E-state index in [2.05, 4.69) is 15.3 Å². The van der Waals surface area contributed by atoms with E-state index in [0.717, 1.165) is 0 Å². The zero-order valence-corrected chi connectivity index (χ0v) is 9.29. The van der Waals surface area contributed by atoms with Crippen LogP contribution in [0.1, 0.15) is 21.9 Å². The largest absolute Gasteiger partial charge is 0.476 e. The van der Waals surface area contributed by atoms with Crippen LogP contribution in [0.2, 0.25) is 0 Å². The van der Waals surface area contributed by atoms with Crippen molar-refractivity contribution in [3.63, 3.8) is 0 Å². The van der Waals surface area contributed by atoms with E-state index in [-0.39, 0.29) is 6.54 Å². The minimum atomic E-state index is -4.86. The average Bonchev–Trinajstić information content (AvgIpc) is 2.74. The van der Waals surface area contributed by atoms with Gasteiger partial charge in [0, 0.05) is 6.20 Å². The van der Waals surface area contributed by atoms with Crippen LogP contribution in [-0.2, 0) is 12.7 Å². The van der Waals surface area contributed by atoms with E-state index in [4.69, 9.17) is 5.11 Å². The first-order valence-electron chi connectivity index (χ1n) is 5.03. The second-order valence-electron chi connectivity index (χ2n) is 3.57. The second-order valence-corrected chi connectivity index (χ2v) is 3.57. The van der Waals surface area contributed by atoms with Gasteiger partial charge in [-0.15, -0.1) is 5.10 Å². The van der Waals surface area contributed by atoms with E-state index in [1.54, 1.807) is 12.1 Å². The predicted octanol–water partition coefficient (Wildman–Crippen LogP) is 1.44. The fraction of sp³-hybridized carbons (Fsp3) is 0.200. The minimum Gasteiger partial charge on any atom is -0.476 e. The number of alkyl halides is 3. The third kappa shape index (κ3) is 2.69. The third-order valence-electron chi connectivity index (χ3n) is 2.24. The number of pyridine rings is 1. The van der Waals surface area contributed by atoms with Gasteiger partial charge in [-0.2, -0.15) is 13.2 Å². The fourth-order valence-corrected chi connectivity index (χ4v) is 1.49. The molecular formula is C10H7F3N4O2. The number of hydrogen-bond acceptors (Lipinski definition) is 4. The summed E-state index contributed by atoms with van der Waals surface area (Å²) >= 11 is 0. The van der Waals surface area contributed by atoms with Gasteiger partial charge in [-0.3, -0.25) is 4.98 Å². The van der Waals surface area contributed by atoms with Crippen molar-refractivity contribution >= 4 is 5.97 Å². The first-order valence-corrected chi connectivity index (χ1v) is 5.03. The number of halogens is 3. The van der Waals surface area contributed by atoms with Crippen LogP contribution in [0.3, 0.4) is 0 Å². The van der Waals surface area contributed by atoms with Gasteiger partial charge in [0.1, 0.15) is 0 Å². The molecule has 0 saturated carbocycles. The molecule has 2 rings (SSSR count). The van der Waals surface area contributed by atoms with Gasteiger partial charge in [-0.25, -0.2) is 9.48 Å². The number of aromatic carboxylic acids is 1. The normalized spacial score (nSPS) is 11.5. The van der Waals surface area contributed by atoms with Crippen LogP contribution >= 0.6 is 0 Å². The van der Waals surface area contributed by atoms with Crippen LogP contribution in [0.5, 0.6) is 0 Å². The summed E-state index contributed by atoms with van der Waals surface area (Å²) in [5.41, 5.74) is -2.20. The highest BCUT2D eigenvalue weighted by atomic mass is 19.4. The zero-order valence-electron chi connectivity index (χ0n) is 9.29. The van der Waals surface area contributed by atoms with E-state index >= 15 is 0 Å². The van der Waals surface area contributed by atoms with Crippen molar-refractivity contribution < 1.29 is 23.1 Å². The van der Waals surface area contributed by atoms with Crippen LogP contribution in [0.25, 0.3) is 0 Å². The van der Waals surface area contributed by atoms with E-state index < -0.39 is 23.5 Å². The first-order chi connectivity index (χ1) is 8.89. The molecule has 0 unspecified atom stereocenters. The Balaban J connectivity index is 2.44. The number of carboxylic acid groups (broad SMARTS) is 1. The molecule has 0 aliphatic heterocycles. The van der Waals surface area contributed by atoms with Crippen molar-refractivity contribution in [2.24, 2.45) is 0 Å². The molecule has 0 saturated heterocycles. The minimum absolute atomic E-state index is 0.310. The van der Waals surface area contributed by atoms with Crippen molar-refractivity contribution in [1.82, 2.24) is 20.0 Å². The van der Waals surface area contributed by atoms with Crippen LogP contribution in [0.4, 0.5) is 13.2 Å². The summed E-state index contributed by atoms with van der Waals surface area (Å²) in [5.74, 6) is -1.78. The molecule has 0 aromatic carbocycles. The molecule has 0 aliphatic rings. The Labute approximate surface area is 104 Å². The molecule has 0 aliphatic carbocycles. The van der Waals surface area contributed by atoms with Gasteiger partial charge >= 0.3 is 12.1 Å². The summed E-state index contributed by atoms with van der Waals surface area (Å²) in [6, 6.07) is 4.71. The third-order valence-corrected chi connectivity index (χ3v) is 2.24. The van der Waals surface area contributed by atoms with Crippen molar-refractivity contribution in [1.29, 1.82) is 0 Å². The SMILES string of the molecule is O=C(O)c1nnn(Cc2ccccn2)c1C(F)(F)F. The lowest BCUT2D eigenvalue weighted by atomic mass is 10.3. The Morgan fingerprint density at radius 1 is 1.37 bits per heavy atom. The number of aromatic nitrogens is 4. The standard InChI is InChI=1S/C10H7F3N4O2/c11-10(12,13)8-7(9(18)19)15-16-17(8)5-6-3-1-2-4-14-6/h1-4H,5H2,(H,18,19). The monoisotopic (exact) mass is 272 g/mol. The fourth-order valence-electron chi connectivity index (χ4n) is 1.49. The summed E-state index contributed by atoms with van der Waals surface area (Å²) in [6.45, 7) is -0.310. The molecule has 0 amide bonds. The molecule has 19 heavy (non-hydrogen) atoms. The maximum absolute atomic E-state index is 12.8. The van der Waals surface area contributed by atoms with Crippen LogP contribution in [-0.4, -0.2) is 31.1 Å². The molecule has 0 bridgehead atoms. The highest BCUT2D eigenvalue weighted by molar-refractivity contribution is 5.86. The van der Waals surface area contributed by atoms with Crippen LogP contribution < -0.4 is 0 Å². The zero-order chi connectivity index (χ0) is 14.0. The molecule has 0 fully saturated rings. The number of nitrogens with zero attached hydrogens (tertiary/aromatic N) is 4. The second kappa shape index (κ2) is 4.67. The Morgan fingerprint density at radius 3 is 2.63 bits per heavy atom. The summed E-state index contributed by atoms with van der Waals surface area (Å²) in [6.07, 6.45) is -3.44. The molecule has 6 nitrogen and oxygen atoms in total. The lowest BCUT2D eigenvalue weighted by molar-refractivity contribution is -0.144. The molecule has 0 radical (unpaired) electrons. The Kier molecular flexibility index (Phi) is 3.19. The van der Waals surface area contributed by atoms with Gasteiger partial charge in [-0.1, -0.05) is 11.3 Å². The highest BCUT2D eigenvalue weighted by Gasteiger charge is 2.41. The molecular weight excluding hydrogens is 265 g/mol. The molecule has 0 spiro atoms. The van der Waals surface area contributed by atoms with Crippen molar-refractivity contribution in [2.45, 2.75) is 12.7 Å². The topological polar surface area (TPSA) is 80.9 Å². The molecule has 2 aromatic heterocycles. The maximum Gasteiger partial charge on any atom is 0.435 e. The van der Waals surface area contributed by atoms with Crippen molar-refractivity contribution in [2.75, 3.05) is 0 Å². The summed E-state index contributed by atoms with van der Waals surface area (Å²) in [5, 5.41) is 14.9.